The number of carboxylic acid groups (broad SMARTS) is 1. The van der Waals surface area contributed by atoms with Crippen molar-refractivity contribution in [2.45, 2.75) is 31.7 Å². The number of aliphatic carboxylic acids is 1. The lowest BCUT2D eigenvalue weighted by Crippen LogP contribution is -2.45. The largest absolute Gasteiger partial charge is 0.481 e. The summed E-state index contributed by atoms with van der Waals surface area (Å²) >= 11 is 0. The number of rotatable bonds is 5. The van der Waals surface area contributed by atoms with E-state index in [1.807, 2.05) is 6.07 Å². The maximum atomic E-state index is 12.3. The lowest BCUT2D eigenvalue weighted by molar-refractivity contribution is -0.137. The molecule has 1 fully saturated rings. The molecular weight excluding hydrogens is 286 g/mol. The Labute approximate surface area is 128 Å². The van der Waals surface area contributed by atoms with Crippen molar-refractivity contribution >= 4 is 23.6 Å². The molecular formula is C15H19N3O4. The Morgan fingerprint density at radius 3 is 2.82 bits per heavy atom. The van der Waals surface area contributed by atoms with Gasteiger partial charge in [0.15, 0.2) is 0 Å². The standard InChI is InChI=1S/C15H19N3O4/c16-15(22)18-8-2-5-12(18)14(21)17-11-4-1-3-10(9-11)6-7-13(19)20/h1,3-4,9,12H,2,5-8H2,(H2,16,22)(H,17,21)(H,19,20)/t12-/m0/s1. The fourth-order valence-corrected chi connectivity index (χ4v) is 2.58. The van der Waals surface area contributed by atoms with Gasteiger partial charge < -0.3 is 21.1 Å². The van der Waals surface area contributed by atoms with Crippen LogP contribution in [0.25, 0.3) is 0 Å². The molecule has 4 N–H and O–H groups in total. The maximum Gasteiger partial charge on any atom is 0.315 e. The number of amides is 3. The predicted octanol–water partition coefficient (Wildman–Crippen LogP) is 1.19. The number of nitrogens with zero attached hydrogens (tertiary/aromatic N) is 1. The summed E-state index contributed by atoms with van der Waals surface area (Å²) in [5.41, 5.74) is 6.68. The molecule has 1 aliphatic rings. The molecule has 2 rings (SSSR count). The molecule has 7 nitrogen and oxygen atoms in total. The van der Waals surface area contributed by atoms with Gasteiger partial charge in [-0.05, 0) is 37.0 Å². The minimum Gasteiger partial charge on any atom is -0.481 e. The first-order valence-electron chi connectivity index (χ1n) is 7.15. The van der Waals surface area contributed by atoms with Crippen LogP contribution < -0.4 is 11.1 Å². The second-order valence-electron chi connectivity index (χ2n) is 5.27. The van der Waals surface area contributed by atoms with Gasteiger partial charge in [-0.15, -0.1) is 0 Å². The Morgan fingerprint density at radius 1 is 1.36 bits per heavy atom. The highest BCUT2D eigenvalue weighted by molar-refractivity contribution is 5.97. The number of hydrogen-bond donors (Lipinski definition) is 3. The Kier molecular flexibility index (Phi) is 4.98. The van der Waals surface area contributed by atoms with E-state index < -0.39 is 18.0 Å². The molecule has 1 saturated heterocycles. The molecule has 0 bridgehead atoms. The van der Waals surface area contributed by atoms with E-state index in [0.717, 1.165) is 12.0 Å². The molecule has 1 aromatic carbocycles. The van der Waals surface area contributed by atoms with E-state index in [4.69, 9.17) is 10.8 Å². The van der Waals surface area contributed by atoms with Crippen LogP contribution in [0.2, 0.25) is 0 Å². The second-order valence-corrected chi connectivity index (χ2v) is 5.27. The monoisotopic (exact) mass is 305 g/mol. The molecule has 0 aromatic heterocycles. The zero-order chi connectivity index (χ0) is 16.1. The normalized spacial score (nSPS) is 17.3. The lowest BCUT2D eigenvalue weighted by atomic mass is 10.1. The van der Waals surface area contributed by atoms with Crippen LogP contribution in [0.1, 0.15) is 24.8 Å². The highest BCUT2D eigenvalue weighted by Gasteiger charge is 2.32. The molecule has 1 aliphatic heterocycles. The van der Waals surface area contributed by atoms with Crippen molar-refractivity contribution in [3.63, 3.8) is 0 Å². The van der Waals surface area contributed by atoms with Crippen molar-refractivity contribution < 1.29 is 19.5 Å². The van der Waals surface area contributed by atoms with Gasteiger partial charge in [-0.25, -0.2) is 4.79 Å². The van der Waals surface area contributed by atoms with Crippen LogP contribution in [0.3, 0.4) is 0 Å². The number of aryl methyl sites for hydroxylation is 1. The van der Waals surface area contributed by atoms with Gasteiger partial charge in [-0.3, -0.25) is 9.59 Å². The van der Waals surface area contributed by atoms with E-state index >= 15 is 0 Å². The summed E-state index contributed by atoms with van der Waals surface area (Å²) in [7, 11) is 0. The average molecular weight is 305 g/mol. The molecule has 22 heavy (non-hydrogen) atoms. The van der Waals surface area contributed by atoms with Gasteiger partial charge in [0.05, 0.1) is 0 Å². The molecule has 1 atom stereocenters. The minimum absolute atomic E-state index is 0.0372. The van der Waals surface area contributed by atoms with Crippen molar-refractivity contribution in [2.75, 3.05) is 11.9 Å². The Morgan fingerprint density at radius 2 is 2.14 bits per heavy atom. The van der Waals surface area contributed by atoms with E-state index in [-0.39, 0.29) is 12.3 Å². The van der Waals surface area contributed by atoms with Crippen LogP contribution in [-0.2, 0) is 16.0 Å². The van der Waals surface area contributed by atoms with Crippen molar-refractivity contribution in [1.29, 1.82) is 0 Å². The quantitative estimate of drug-likeness (QED) is 0.758. The number of anilines is 1. The van der Waals surface area contributed by atoms with E-state index in [0.29, 0.717) is 25.1 Å². The summed E-state index contributed by atoms with van der Waals surface area (Å²) in [6.45, 7) is 0.492. The number of benzene rings is 1. The van der Waals surface area contributed by atoms with E-state index in [9.17, 15) is 14.4 Å². The van der Waals surface area contributed by atoms with Crippen LogP contribution in [0, 0.1) is 0 Å². The average Bonchev–Trinajstić information content (AvgIpc) is 2.95. The third-order valence-electron chi connectivity index (χ3n) is 3.66. The van der Waals surface area contributed by atoms with Crippen LogP contribution in [0.5, 0.6) is 0 Å². The first-order valence-corrected chi connectivity index (χ1v) is 7.15. The Balaban J connectivity index is 2.00. The number of nitrogens with one attached hydrogen (secondary N) is 1. The van der Waals surface area contributed by atoms with Crippen molar-refractivity contribution in [1.82, 2.24) is 4.90 Å². The minimum atomic E-state index is -0.863. The zero-order valence-electron chi connectivity index (χ0n) is 12.1. The number of carbonyl (C=O) groups excluding carboxylic acids is 2. The molecule has 0 spiro atoms. The van der Waals surface area contributed by atoms with Gasteiger partial charge in [-0.2, -0.15) is 0 Å². The molecule has 0 radical (unpaired) electrons. The highest BCUT2D eigenvalue weighted by Crippen LogP contribution is 2.19. The maximum absolute atomic E-state index is 12.3. The van der Waals surface area contributed by atoms with E-state index in [1.54, 1.807) is 18.2 Å². The Bertz CT molecular complexity index is 588. The topological polar surface area (TPSA) is 113 Å². The van der Waals surface area contributed by atoms with Gasteiger partial charge in [0.25, 0.3) is 0 Å². The van der Waals surface area contributed by atoms with Gasteiger partial charge in [0.2, 0.25) is 5.91 Å². The van der Waals surface area contributed by atoms with E-state index in [1.165, 1.54) is 4.90 Å². The van der Waals surface area contributed by atoms with Crippen molar-refractivity contribution in [3.8, 4) is 0 Å². The molecule has 1 aromatic rings. The molecule has 118 valence electrons. The third-order valence-corrected chi connectivity index (χ3v) is 3.66. The summed E-state index contributed by atoms with van der Waals surface area (Å²) in [6.07, 6.45) is 1.78. The first-order chi connectivity index (χ1) is 10.5. The van der Waals surface area contributed by atoms with Gasteiger partial charge in [-0.1, -0.05) is 12.1 Å². The summed E-state index contributed by atoms with van der Waals surface area (Å²) in [6, 6.07) is 5.90. The van der Waals surface area contributed by atoms with Gasteiger partial charge >= 0.3 is 12.0 Å². The Hall–Kier alpha value is -2.57. The summed E-state index contributed by atoms with van der Waals surface area (Å²) in [5.74, 6) is -1.14. The predicted molar refractivity (Wildman–Crippen MR) is 80.3 cm³/mol. The third kappa shape index (κ3) is 3.97. The van der Waals surface area contributed by atoms with Crippen LogP contribution >= 0.6 is 0 Å². The number of nitrogens with two attached hydrogens (primary N) is 1. The number of urea groups is 1. The summed E-state index contributed by atoms with van der Waals surface area (Å²) in [5, 5.41) is 11.5. The lowest BCUT2D eigenvalue weighted by Gasteiger charge is -2.21. The smallest absolute Gasteiger partial charge is 0.315 e. The van der Waals surface area contributed by atoms with Crippen LogP contribution in [0.4, 0.5) is 10.5 Å². The molecule has 3 amide bonds. The highest BCUT2D eigenvalue weighted by atomic mass is 16.4. The zero-order valence-corrected chi connectivity index (χ0v) is 12.1. The molecule has 0 aliphatic carbocycles. The fourth-order valence-electron chi connectivity index (χ4n) is 2.58. The molecule has 1 heterocycles. The van der Waals surface area contributed by atoms with Gasteiger partial charge in [0, 0.05) is 18.7 Å². The first kappa shape index (κ1) is 15.8. The number of hydrogen-bond acceptors (Lipinski definition) is 3. The summed E-state index contributed by atoms with van der Waals surface area (Å²) in [4.78, 5) is 35.5. The SMILES string of the molecule is NC(=O)N1CCC[C@H]1C(=O)Nc1cccc(CCC(=O)O)c1. The molecule has 0 saturated carbocycles. The number of carbonyl (C=O) groups is 3. The van der Waals surface area contributed by atoms with Gasteiger partial charge in [0.1, 0.15) is 6.04 Å². The second kappa shape index (κ2) is 6.93. The summed E-state index contributed by atoms with van der Waals surface area (Å²) < 4.78 is 0. The number of likely N-dealkylation sites (tertiary alicyclic amines) is 1. The molecule has 0 unspecified atom stereocenters. The van der Waals surface area contributed by atoms with E-state index in [2.05, 4.69) is 5.32 Å². The van der Waals surface area contributed by atoms with Crippen LogP contribution in [-0.4, -0.2) is 40.5 Å². The van der Waals surface area contributed by atoms with Crippen molar-refractivity contribution in [2.24, 2.45) is 5.73 Å². The molecule has 7 heteroatoms. The van der Waals surface area contributed by atoms with Crippen molar-refractivity contribution in [3.05, 3.63) is 29.8 Å². The number of primary amides is 1. The fraction of sp³-hybridized carbons (Fsp3) is 0.400. The number of carboxylic acids is 1. The van der Waals surface area contributed by atoms with Crippen LogP contribution in [0.15, 0.2) is 24.3 Å².